The monoisotopic (exact) mass is 202 g/mol. The molecule has 0 aliphatic rings. The molecule has 1 heterocycles. The van der Waals surface area contributed by atoms with Crippen LogP contribution in [0.1, 0.15) is 12.0 Å². The number of hydrogen-bond acceptors (Lipinski definition) is 3. The molecule has 0 spiro atoms. The van der Waals surface area contributed by atoms with E-state index in [0.717, 1.165) is 30.7 Å². The van der Waals surface area contributed by atoms with Crippen molar-refractivity contribution in [3.63, 3.8) is 0 Å². The quantitative estimate of drug-likeness (QED) is 0.827. The number of aromatic nitrogens is 1. The van der Waals surface area contributed by atoms with Crippen molar-refractivity contribution in [2.24, 2.45) is 5.73 Å². The van der Waals surface area contributed by atoms with Gasteiger partial charge in [0.15, 0.2) is 12.2 Å². The fourth-order valence-electron chi connectivity index (χ4n) is 1.50. The van der Waals surface area contributed by atoms with Gasteiger partial charge >= 0.3 is 0 Å². The Balaban J connectivity index is 2.11. The molecule has 2 rings (SSSR count). The van der Waals surface area contributed by atoms with E-state index in [1.807, 2.05) is 12.1 Å². The molecule has 1 aromatic carbocycles. The van der Waals surface area contributed by atoms with Gasteiger partial charge in [0.1, 0.15) is 0 Å². The molecule has 0 atom stereocenters. The fraction of sp³-hybridized carbons (Fsp3) is 0.250. The second kappa shape index (κ2) is 4.75. The lowest BCUT2D eigenvalue weighted by atomic mass is 10.1. The Morgan fingerprint density at radius 2 is 2.00 bits per heavy atom. The normalized spacial score (nSPS) is 10.5. The number of rotatable bonds is 4. The second-order valence-electron chi connectivity index (χ2n) is 3.45. The van der Waals surface area contributed by atoms with Gasteiger partial charge in [-0.3, -0.25) is 0 Å². The van der Waals surface area contributed by atoms with E-state index in [2.05, 4.69) is 17.1 Å². The Labute approximate surface area is 88.9 Å². The first-order chi connectivity index (χ1) is 7.40. The minimum absolute atomic E-state index is 0.740. The van der Waals surface area contributed by atoms with Crippen molar-refractivity contribution in [2.75, 3.05) is 6.54 Å². The third-order valence-electron chi connectivity index (χ3n) is 2.34. The molecule has 2 aromatic rings. The van der Waals surface area contributed by atoms with Gasteiger partial charge in [0.25, 0.3) is 0 Å². The maximum atomic E-state index is 5.46. The molecule has 0 saturated heterocycles. The minimum Gasteiger partial charge on any atom is -0.444 e. The highest BCUT2D eigenvalue weighted by Gasteiger charge is 2.00. The van der Waals surface area contributed by atoms with E-state index in [1.165, 1.54) is 12.0 Å². The van der Waals surface area contributed by atoms with Gasteiger partial charge in [0.05, 0.1) is 6.20 Å². The molecule has 0 radical (unpaired) electrons. The summed E-state index contributed by atoms with van der Waals surface area (Å²) in [7, 11) is 0. The van der Waals surface area contributed by atoms with E-state index < -0.39 is 0 Å². The van der Waals surface area contributed by atoms with Crippen molar-refractivity contribution in [3.05, 3.63) is 42.4 Å². The van der Waals surface area contributed by atoms with E-state index in [-0.39, 0.29) is 0 Å². The predicted molar refractivity (Wildman–Crippen MR) is 59.3 cm³/mol. The summed E-state index contributed by atoms with van der Waals surface area (Å²) in [6.45, 7) is 0.740. The van der Waals surface area contributed by atoms with E-state index >= 15 is 0 Å². The highest BCUT2D eigenvalue weighted by molar-refractivity contribution is 5.56. The van der Waals surface area contributed by atoms with Crippen LogP contribution in [-0.2, 0) is 6.42 Å². The lowest BCUT2D eigenvalue weighted by molar-refractivity contribution is 0.572. The van der Waals surface area contributed by atoms with E-state index in [1.54, 1.807) is 6.20 Å². The number of aryl methyl sites for hydroxylation is 1. The zero-order valence-electron chi connectivity index (χ0n) is 8.52. The average molecular weight is 202 g/mol. The van der Waals surface area contributed by atoms with Crippen LogP contribution in [0, 0.1) is 0 Å². The summed E-state index contributed by atoms with van der Waals surface area (Å²) >= 11 is 0. The lowest BCUT2D eigenvalue weighted by Crippen LogP contribution is -2.00. The predicted octanol–water partition coefficient (Wildman–Crippen LogP) is 2.23. The summed E-state index contributed by atoms with van der Waals surface area (Å²) in [5, 5.41) is 0. The van der Waals surface area contributed by atoms with Crippen LogP contribution in [-0.4, -0.2) is 11.5 Å². The van der Waals surface area contributed by atoms with E-state index in [4.69, 9.17) is 10.2 Å². The van der Waals surface area contributed by atoms with Crippen molar-refractivity contribution in [3.8, 4) is 11.3 Å². The Kier molecular flexibility index (Phi) is 3.15. The third-order valence-corrected chi connectivity index (χ3v) is 2.34. The van der Waals surface area contributed by atoms with Crippen LogP contribution in [0.25, 0.3) is 11.3 Å². The van der Waals surface area contributed by atoms with Gasteiger partial charge in [0.2, 0.25) is 0 Å². The Bertz CT molecular complexity index is 392. The van der Waals surface area contributed by atoms with Gasteiger partial charge < -0.3 is 10.2 Å². The van der Waals surface area contributed by atoms with Gasteiger partial charge in [-0.05, 0) is 24.9 Å². The smallest absolute Gasteiger partial charge is 0.181 e. The Morgan fingerprint density at radius 1 is 1.20 bits per heavy atom. The molecule has 15 heavy (non-hydrogen) atoms. The average Bonchev–Trinajstić information content (AvgIpc) is 2.80. The van der Waals surface area contributed by atoms with Crippen molar-refractivity contribution < 1.29 is 4.42 Å². The summed E-state index contributed by atoms with van der Waals surface area (Å²) in [4.78, 5) is 3.89. The summed E-state index contributed by atoms with van der Waals surface area (Å²) in [5.41, 5.74) is 7.83. The van der Waals surface area contributed by atoms with Crippen LogP contribution in [0.4, 0.5) is 0 Å². The molecule has 0 aliphatic heterocycles. The Hall–Kier alpha value is -1.61. The highest BCUT2D eigenvalue weighted by Crippen LogP contribution is 2.19. The molecule has 0 aliphatic carbocycles. The molecule has 3 nitrogen and oxygen atoms in total. The van der Waals surface area contributed by atoms with Gasteiger partial charge in [-0.25, -0.2) is 4.98 Å². The summed E-state index contributed by atoms with van der Waals surface area (Å²) in [6.07, 6.45) is 5.22. The van der Waals surface area contributed by atoms with Crippen molar-refractivity contribution in [1.82, 2.24) is 4.98 Å². The molecule has 0 amide bonds. The largest absolute Gasteiger partial charge is 0.444 e. The maximum absolute atomic E-state index is 5.46. The number of hydrogen-bond donors (Lipinski definition) is 1. The van der Waals surface area contributed by atoms with Crippen molar-refractivity contribution in [1.29, 1.82) is 0 Å². The van der Waals surface area contributed by atoms with Gasteiger partial charge in [-0.15, -0.1) is 0 Å². The van der Waals surface area contributed by atoms with Gasteiger partial charge in [-0.1, -0.05) is 24.3 Å². The molecular weight excluding hydrogens is 188 g/mol. The molecule has 0 bridgehead atoms. The number of oxazole rings is 1. The van der Waals surface area contributed by atoms with E-state index in [9.17, 15) is 0 Å². The first-order valence-corrected chi connectivity index (χ1v) is 5.08. The van der Waals surface area contributed by atoms with Crippen molar-refractivity contribution >= 4 is 0 Å². The van der Waals surface area contributed by atoms with Gasteiger partial charge in [-0.2, -0.15) is 0 Å². The number of benzene rings is 1. The molecule has 2 N–H and O–H groups in total. The maximum Gasteiger partial charge on any atom is 0.181 e. The van der Waals surface area contributed by atoms with Crippen molar-refractivity contribution in [2.45, 2.75) is 12.8 Å². The third kappa shape index (κ3) is 2.44. The van der Waals surface area contributed by atoms with Crippen LogP contribution in [0.5, 0.6) is 0 Å². The van der Waals surface area contributed by atoms with Crippen LogP contribution in [0.3, 0.4) is 0 Å². The van der Waals surface area contributed by atoms with Crippen LogP contribution >= 0.6 is 0 Å². The molecule has 78 valence electrons. The van der Waals surface area contributed by atoms with Crippen LogP contribution < -0.4 is 5.73 Å². The zero-order chi connectivity index (χ0) is 10.5. The lowest BCUT2D eigenvalue weighted by Gasteiger charge is -2.00. The highest BCUT2D eigenvalue weighted by atomic mass is 16.3. The topological polar surface area (TPSA) is 52.0 Å². The second-order valence-corrected chi connectivity index (χ2v) is 3.45. The Morgan fingerprint density at radius 3 is 2.60 bits per heavy atom. The molecular formula is C12H14N2O. The molecule has 0 unspecified atom stereocenters. The van der Waals surface area contributed by atoms with Crippen LogP contribution in [0.15, 0.2) is 41.3 Å². The standard InChI is InChI=1S/C12H14N2O/c13-7-1-2-10-3-5-11(6-4-10)12-8-14-9-15-12/h3-6,8-9H,1-2,7,13H2. The minimum atomic E-state index is 0.740. The first-order valence-electron chi connectivity index (χ1n) is 5.08. The number of nitrogens with two attached hydrogens (primary N) is 1. The summed E-state index contributed by atoms with van der Waals surface area (Å²) < 4.78 is 5.21. The van der Waals surface area contributed by atoms with Crippen LogP contribution in [0.2, 0.25) is 0 Å². The van der Waals surface area contributed by atoms with E-state index in [0.29, 0.717) is 0 Å². The first kappa shape index (κ1) is 9.93. The van der Waals surface area contributed by atoms with Gasteiger partial charge in [0, 0.05) is 5.56 Å². The molecule has 0 fully saturated rings. The number of nitrogens with zero attached hydrogens (tertiary/aromatic N) is 1. The summed E-state index contributed by atoms with van der Waals surface area (Å²) in [6, 6.07) is 8.31. The SMILES string of the molecule is NCCCc1ccc(-c2cnco2)cc1. The molecule has 1 aromatic heterocycles. The summed E-state index contributed by atoms with van der Waals surface area (Å²) in [5.74, 6) is 0.806. The fourth-order valence-corrected chi connectivity index (χ4v) is 1.50. The molecule has 3 heteroatoms. The zero-order valence-corrected chi connectivity index (χ0v) is 8.52. The molecule has 0 saturated carbocycles.